The van der Waals surface area contributed by atoms with E-state index >= 15 is 0 Å². The zero-order chi connectivity index (χ0) is 17.4. The lowest BCUT2D eigenvalue weighted by Crippen LogP contribution is -2.15. The Morgan fingerprint density at radius 3 is 2.52 bits per heavy atom. The van der Waals surface area contributed by atoms with Crippen LogP contribution in [0.3, 0.4) is 0 Å². The summed E-state index contributed by atoms with van der Waals surface area (Å²) in [6, 6.07) is 3.24. The van der Waals surface area contributed by atoms with Crippen LogP contribution in [-0.2, 0) is 15.4 Å². The molecule has 0 fully saturated rings. The van der Waals surface area contributed by atoms with E-state index in [4.69, 9.17) is 11.6 Å². The molecule has 0 amide bonds. The van der Waals surface area contributed by atoms with Gasteiger partial charge in [0.15, 0.2) is 5.13 Å². The molecule has 0 aliphatic heterocycles. The van der Waals surface area contributed by atoms with Gasteiger partial charge in [-0.15, -0.1) is 11.3 Å². The van der Waals surface area contributed by atoms with Gasteiger partial charge in [0.2, 0.25) is 0 Å². The number of hydrogen-bond donors (Lipinski definition) is 1. The van der Waals surface area contributed by atoms with Crippen LogP contribution in [0.5, 0.6) is 0 Å². The van der Waals surface area contributed by atoms with Gasteiger partial charge in [-0.1, -0.05) is 32.4 Å². The summed E-state index contributed by atoms with van der Waals surface area (Å²) in [5.74, 6) is 0. The molecule has 0 spiro atoms. The quantitative estimate of drug-likeness (QED) is 0.646. The molecule has 0 aliphatic carbocycles. The number of thiazole rings is 1. The number of hydrogen-bond acceptors (Lipinski definition) is 6. The lowest BCUT2D eigenvalue weighted by Gasteiger charge is -2.14. The molecular formula is C13H14ClN3O4S2. The Morgan fingerprint density at radius 1 is 1.35 bits per heavy atom. The largest absolute Gasteiger partial charge is 0.270 e. The van der Waals surface area contributed by atoms with Crippen LogP contribution in [0.15, 0.2) is 28.5 Å². The van der Waals surface area contributed by atoms with Gasteiger partial charge >= 0.3 is 0 Å². The molecule has 2 aromatic rings. The lowest BCUT2D eigenvalue weighted by molar-refractivity contribution is -0.385. The number of non-ortho nitro benzene ring substituents is 1. The van der Waals surface area contributed by atoms with Crippen molar-refractivity contribution >= 4 is 43.8 Å². The standard InChI is InChI=1S/C13H14ClN3O4S2/c1-13(2,3)11-7-22-12(15-11)16-23(20,21)10-6-8(17(18)19)4-5-9(10)14/h4-7H,1-3H3,(H,15,16). The predicted molar refractivity (Wildman–Crippen MR) is 89.7 cm³/mol. The molecular weight excluding hydrogens is 362 g/mol. The third-order valence-electron chi connectivity index (χ3n) is 2.91. The summed E-state index contributed by atoms with van der Waals surface area (Å²) in [7, 11) is -4.07. The summed E-state index contributed by atoms with van der Waals surface area (Å²) in [5.41, 5.74) is 0.165. The van der Waals surface area contributed by atoms with E-state index in [2.05, 4.69) is 9.71 Å². The zero-order valence-electron chi connectivity index (χ0n) is 12.5. The molecule has 0 saturated heterocycles. The highest BCUT2D eigenvalue weighted by molar-refractivity contribution is 7.93. The molecule has 1 aromatic carbocycles. The number of benzene rings is 1. The van der Waals surface area contributed by atoms with E-state index in [0.717, 1.165) is 29.2 Å². The molecule has 0 atom stereocenters. The molecule has 0 unspecified atom stereocenters. The third kappa shape index (κ3) is 3.98. The van der Waals surface area contributed by atoms with Gasteiger partial charge in [-0.05, 0) is 6.07 Å². The van der Waals surface area contributed by atoms with E-state index in [1.165, 1.54) is 6.07 Å². The smallest absolute Gasteiger partial charge is 0.258 e. The number of nitro groups is 1. The van der Waals surface area contributed by atoms with Crippen molar-refractivity contribution in [1.29, 1.82) is 0 Å². The van der Waals surface area contributed by atoms with E-state index in [1.807, 2.05) is 20.8 Å². The summed E-state index contributed by atoms with van der Waals surface area (Å²) in [6.07, 6.45) is 0. The maximum absolute atomic E-state index is 12.4. The van der Waals surface area contributed by atoms with Crippen LogP contribution >= 0.6 is 22.9 Å². The minimum Gasteiger partial charge on any atom is -0.258 e. The van der Waals surface area contributed by atoms with Gasteiger partial charge in [-0.2, -0.15) is 0 Å². The first-order valence-electron chi connectivity index (χ1n) is 6.43. The van der Waals surface area contributed by atoms with Crippen LogP contribution in [0.1, 0.15) is 26.5 Å². The van der Waals surface area contributed by atoms with Gasteiger partial charge in [0.1, 0.15) is 4.90 Å². The number of halogens is 1. The fourth-order valence-corrected chi connectivity index (χ4v) is 4.36. The normalized spacial score (nSPS) is 12.2. The highest BCUT2D eigenvalue weighted by atomic mass is 35.5. The number of rotatable bonds is 4. The molecule has 1 N–H and O–H groups in total. The highest BCUT2D eigenvalue weighted by Crippen LogP contribution is 2.30. The van der Waals surface area contributed by atoms with Gasteiger partial charge in [0.25, 0.3) is 15.7 Å². The third-order valence-corrected chi connectivity index (χ3v) is 5.62. The number of anilines is 1. The Kier molecular flexibility index (Phi) is 4.65. The van der Waals surface area contributed by atoms with E-state index in [1.54, 1.807) is 5.38 Å². The first-order valence-corrected chi connectivity index (χ1v) is 9.17. The van der Waals surface area contributed by atoms with Crippen molar-refractivity contribution in [2.75, 3.05) is 4.72 Å². The lowest BCUT2D eigenvalue weighted by atomic mass is 9.93. The Hall–Kier alpha value is -1.71. The van der Waals surface area contributed by atoms with Crippen LogP contribution < -0.4 is 4.72 Å². The highest BCUT2D eigenvalue weighted by Gasteiger charge is 2.24. The zero-order valence-corrected chi connectivity index (χ0v) is 14.9. The summed E-state index contributed by atoms with van der Waals surface area (Å²) < 4.78 is 27.1. The van der Waals surface area contributed by atoms with Crippen LogP contribution in [0.4, 0.5) is 10.8 Å². The number of sulfonamides is 1. The van der Waals surface area contributed by atoms with Gasteiger partial charge in [-0.3, -0.25) is 14.8 Å². The minimum atomic E-state index is -4.07. The van der Waals surface area contributed by atoms with Crippen molar-refractivity contribution in [1.82, 2.24) is 4.98 Å². The van der Waals surface area contributed by atoms with Crippen molar-refractivity contribution in [3.05, 3.63) is 44.4 Å². The monoisotopic (exact) mass is 375 g/mol. The number of aromatic nitrogens is 1. The van der Waals surface area contributed by atoms with Crippen LogP contribution in [0.2, 0.25) is 5.02 Å². The molecule has 0 saturated carbocycles. The maximum Gasteiger partial charge on any atom is 0.270 e. The number of nitro benzene ring substituents is 1. The van der Waals surface area contributed by atoms with Crippen LogP contribution in [0, 0.1) is 10.1 Å². The van der Waals surface area contributed by atoms with Crippen LogP contribution in [0.25, 0.3) is 0 Å². The fourth-order valence-electron chi connectivity index (χ4n) is 1.65. The molecule has 2 rings (SSSR count). The van der Waals surface area contributed by atoms with E-state index in [0.29, 0.717) is 0 Å². The van der Waals surface area contributed by atoms with Crippen molar-refractivity contribution in [3.63, 3.8) is 0 Å². The Labute approximate surface area is 142 Å². The SMILES string of the molecule is CC(C)(C)c1csc(NS(=O)(=O)c2cc([N+](=O)[O-])ccc2Cl)n1. The second-order valence-electron chi connectivity index (χ2n) is 5.77. The topological polar surface area (TPSA) is 102 Å². The van der Waals surface area contributed by atoms with Crippen LogP contribution in [-0.4, -0.2) is 18.3 Å². The average Bonchev–Trinajstić information content (AvgIpc) is 2.86. The molecule has 0 aliphatic rings. The number of nitrogens with zero attached hydrogens (tertiary/aromatic N) is 2. The van der Waals surface area contributed by atoms with E-state index < -0.39 is 14.9 Å². The molecule has 1 heterocycles. The fraction of sp³-hybridized carbons (Fsp3) is 0.308. The van der Waals surface area contributed by atoms with Gasteiger partial charge in [-0.25, -0.2) is 13.4 Å². The first-order chi connectivity index (χ1) is 10.5. The molecule has 0 bridgehead atoms. The second kappa shape index (κ2) is 6.06. The molecule has 1 aromatic heterocycles. The second-order valence-corrected chi connectivity index (χ2v) is 8.68. The van der Waals surface area contributed by atoms with Crippen molar-refractivity contribution in [2.24, 2.45) is 0 Å². The number of nitrogens with one attached hydrogen (secondary N) is 1. The van der Waals surface area contributed by atoms with Crippen molar-refractivity contribution < 1.29 is 13.3 Å². The first kappa shape index (κ1) is 17.6. The summed E-state index contributed by atoms with van der Waals surface area (Å²) in [5, 5.41) is 12.6. The van der Waals surface area contributed by atoms with E-state index in [-0.39, 0.29) is 26.2 Å². The van der Waals surface area contributed by atoms with E-state index in [9.17, 15) is 18.5 Å². The molecule has 124 valence electrons. The summed E-state index contributed by atoms with van der Waals surface area (Å²) >= 11 is 7.01. The minimum absolute atomic E-state index is 0.101. The molecule has 23 heavy (non-hydrogen) atoms. The molecule has 0 radical (unpaired) electrons. The average molecular weight is 376 g/mol. The maximum atomic E-state index is 12.4. The Balaban J connectivity index is 2.38. The van der Waals surface area contributed by atoms with Crippen molar-refractivity contribution in [2.45, 2.75) is 31.1 Å². The van der Waals surface area contributed by atoms with Crippen molar-refractivity contribution in [3.8, 4) is 0 Å². The van der Waals surface area contributed by atoms with Gasteiger partial charge < -0.3 is 0 Å². The van der Waals surface area contributed by atoms with Gasteiger partial charge in [0.05, 0.1) is 15.6 Å². The summed E-state index contributed by atoms with van der Waals surface area (Å²) in [6.45, 7) is 5.87. The van der Waals surface area contributed by atoms with Gasteiger partial charge in [0, 0.05) is 22.9 Å². The molecule has 10 heteroatoms. The Morgan fingerprint density at radius 2 is 2.00 bits per heavy atom. The summed E-state index contributed by atoms with van der Waals surface area (Å²) in [4.78, 5) is 14.0. The Bertz CT molecular complexity index is 856. The molecule has 7 nitrogen and oxygen atoms in total. The predicted octanol–water partition coefficient (Wildman–Crippen LogP) is 3.80.